The van der Waals surface area contributed by atoms with Gasteiger partial charge in [-0.1, -0.05) is 189 Å². The van der Waals surface area contributed by atoms with Gasteiger partial charge in [-0.15, -0.1) is 0 Å². The molecule has 0 spiro atoms. The van der Waals surface area contributed by atoms with E-state index in [4.69, 9.17) is 14.2 Å². The zero-order chi connectivity index (χ0) is 43.7. The summed E-state index contributed by atoms with van der Waals surface area (Å²) >= 11 is 0. The molecule has 0 saturated carbocycles. The van der Waals surface area contributed by atoms with E-state index in [1.165, 1.54) is 77.0 Å². The van der Waals surface area contributed by atoms with E-state index in [9.17, 15) is 14.4 Å². The Bertz CT molecular complexity index is 1190. The Morgan fingerprint density at radius 3 is 1.25 bits per heavy atom. The minimum atomic E-state index is -0.803. The predicted octanol–water partition coefficient (Wildman–Crippen LogP) is 16.0. The number of allylic oxidation sites excluding steroid dienone is 14. The molecule has 1 atom stereocenters. The molecule has 0 fully saturated rings. The normalized spacial score (nSPS) is 12.8. The van der Waals surface area contributed by atoms with Crippen molar-refractivity contribution < 1.29 is 28.6 Å². The second kappa shape index (κ2) is 48.3. The maximum atomic E-state index is 12.7. The average molecular weight is 835 g/mol. The summed E-state index contributed by atoms with van der Waals surface area (Å²) in [5.41, 5.74) is 0. The lowest BCUT2D eigenvalue weighted by molar-refractivity contribution is -0.167. The van der Waals surface area contributed by atoms with Crippen LogP contribution in [0.5, 0.6) is 0 Å². The molecular formula is C54H90O6. The molecule has 0 aromatic carbocycles. The number of unbranched alkanes of at least 4 members (excludes halogenated alkanes) is 20. The molecule has 0 amide bonds. The number of ether oxygens (including phenoxy) is 3. The second-order valence-corrected chi connectivity index (χ2v) is 16.0. The van der Waals surface area contributed by atoms with Crippen molar-refractivity contribution in [2.45, 2.75) is 226 Å². The van der Waals surface area contributed by atoms with Gasteiger partial charge in [-0.25, -0.2) is 0 Å². The Hall–Kier alpha value is -3.41. The fourth-order valence-corrected chi connectivity index (χ4v) is 6.51. The smallest absolute Gasteiger partial charge is 0.306 e. The van der Waals surface area contributed by atoms with Crippen molar-refractivity contribution >= 4 is 17.9 Å². The summed E-state index contributed by atoms with van der Waals surface area (Å²) in [6.07, 6.45) is 61.4. The summed E-state index contributed by atoms with van der Waals surface area (Å²) in [5.74, 6) is -0.970. The Kier molecular flexibility index (Phi) is 45.5. The first-order chi connectivity index (χ1) is 29.5. The van der Waals surface area contributed by atoms with Crippen LogP contribution in [0.15, 0.2) is 85.1 Å². The molecule has 0 aliphatic heterocycles. The molecule has 0 bridgehead atoms. The van der Waals surface area contributed by atoms with E-state index in [-0.39, 0.29) is 31.1 Å². The third-order valence-electron chi connectivity index (χ3n) is 10.2. The van der Waals surface area contributed by atoms with Crippen molar-refractivity contribution in [3.63, 3.8) is 0 Å². The molecule has 342 valence electrons. The van der Waals surface area contributed by atoms with Crippen LogP contribution < -0.4 is 0 Å². The second-order valence-electron chi connectivity index (χ2n) is 16.0. The van der Waals surface area contributed by atoms with Crippen molar-refractivity contribution in [3.8, 4) is 0 Å². The minimum Gasteiger partial charge on any atom is -0.462 e. The zero-order valence-electron chi connectivity index (χ0n) is 38.9. The summed E-state index contributed by atoms with van der Waals surface area (Å²) in [5, 5.41) is 0. The number of hydrogen-bond acceptors (Lipinski definition) is 6. The van der Waals surface area contributed by atoms with Gasteiger partial charge in [-0.3, -0.25) is 14.4 Å². The number of esters is 3. The third kappa shape index (κ3) is 45.7. The summed E-state index contributed by atoms with van der Waals surface area (Å²) < 4.78 is 16.7. The molecule has 0 aliphatic carbocycles. The molecule has 6 nitrogen and oxygen atoms in total. The van der Waals surface area contributed by atoms with Gasteiger partial charge in [0.15, 0.2) is 6.10 Å². The van der Waals surface area contributed by atoms with Crippen molar-refractivity contribution in [1.29, 1.82) is 0 Å². The summed E-state index contributed by atoms with van der Waals surface area (Å²) in [6.45, 7) is 6.32. The van der Waals surface area contributed by atoms with Crippen LogP contribution in [0.4, 0.5) is 0 Å². The Morgan fingerprint density at radius 2 is 0.733 bits per heavy atom. The Morgan fingerprint density at radius 1 is 0.367 bits per heavy atom. The van der Waals surface area contributed by atoms with Gasteiger partial charge in [0.25, 0.3) is 0 Å². The van der Waals surface area contributed by atoms with E-state index < -0.39 is 6.10 Å². The van der Waals surface area contributed by atoms with Crippen LogP contribution in [-0.4, -0.2) is 37.2 Å². The maximum Gasteiger partial charge on any atom is 0.306 e. The first-order valence-electron chi connectivity index (χ1n) is 24.6. The molecular weight excluding hydrogens is 745 g/mol. The number of hydrogen-bond donors (Lipinski definition) is 0. The predicted molar refractivity (Wildman–Crippen MR) is 256 cm³/mol. The van der Waals surface area contributed by atoms with Crippen LogP contribution in [0, 0.1) is 0 Å². The quantitative estimate of drug-likeness (QED) is 0.0200. The number of rotatable bonds is 43. The van der Waals surface area contributed by atoms with E-state index in [1.54, 1.807) is 0 Å². The van der Waals surface area contributed by atoms with Gasteiger partial charge in [0, 0.05) is 19.3 Å². The van der Waals surface area contributed by atoms with Crippen LogP contribution in [0.2, 0.25) is 0 Å². The maximum absolute atomic E-state index is 12.7. The molecule has 0 rings (SSSR count). The summed E-state index contributed by atoms with van der Waals surface area (Å²) in [6, 6.07) is 0. The first-order valence-corrected chi connectivity index (χ1v) is 24.6. The lowest BCUT2D eigenvalue weighted by atomic mass is 10.1. The largest absolute Gasteiger partial charge is 0.462 e. The van der Waals surface area contributed by atoms with Crippen LogP contribution in [-0.2, 0) is 28.6 Å². The van der Waals surface area contributed by atoms with Crippen LogP contribution >= 0.6 is 0 Å². The fourth-order valence-electron chi connectivity index (χ4n) is 6.51. The third-order valence-corrected chi connectivity index (χ3v) is 10.2. The minimum absolute atomic E-state index is 0.100. The van der Waals surface area contributed by atoms with Gasteiger partial charge in [-0.05, 0) is 96.3 Å². The van der Waals surface area contributed by atoms with E-state index in [1.807, 2.05) is 0 Å². The van der Waals surface area contributed by atoms with Gasteiger partial charge in [0.2, 0.25) is 0 Å². The van der Waals surface area contributed by atoms with Crippen LogP contribution in [0.25, 0.3) is 0 Å². The first kappa shape index (κ1) is 56.6. The highest BCUT2D eigenvalue weighted by Gasteiger charge is 2.19. The molecule has 0 heterocycles. The standard InChI is InChI=1S/C54H90O6/c1-4-7-10-13-16-19-22-25-26-27-28-30-32-35-38-41-44-47-53(56)59-50-51(49-58-52(55)46-43-40-37-34-31-24-21-18-15-12-9-6-3)60-54(57)48-45-42-39-36-33-29-23-20-17-14-11-8-5-2/h8-9,11-12,14,17-18,20-21,23,25-26,31,34,51H,4-7,10,13,15-16,19,22,24,27-30,32-33,35-50H2,1-3H3/b11-8-,12-9-,17-14-,21-18-,23-20-,26-25-,34-31-. The average Bonchev–Trinajstić information content (AvgIpc) is 3.24. The zero-order valence-corrected chi connectivity index (χ0v) is 38.9. The van der Waals surface area contributed by atoms with Gasteiger partial charge in [-0.2, -0.15) is 0 Å². The highest BCUT2D eigenvalue weighted by molar-refractivity contribution is 5.71. The number of carbonyl (C=O) groups is 3. The molecule has 0 N–H and O–H groups in total. The van der Waals surface area contributed by atoms with Crippen molar-refractivity contribution in [2.75, 3.05) is 13.2 Å². The molecule has 0 aromatic rings. The SMILES string of the molecule is CC\C=C/C=C\C=C/CCCCCCCC(=O)OC(COC(=O)CCCC/C=C\C/C=C\C/C=C\CC)COC(=O)CCCCCCCCC/C=C\CCCCCCCC. The van der Waals surface area contributed by atoms with Crippen LogP contribution in [0.1, 0.15) is 220 Å². The molecule has 60 heavy (non-hydrogen) atoms. The highest BCUT2D eigenvalue weighted by Crippen LogP contribution is 2.13. The van der Waals surface area contributed by atoms with Gasteiger partial charge >= 0.3 is 17.9 Å². The molecule has 0 aliphatic rings. The van der Waals surface area contributed by atoms with E-state index in [2.05, 4.69) is 106 Å². The van der Waals surface area contributed by atoms with E-state index in [0.717, 1.165) is 103 Å². The van der Waals surface area contributed by atoms with E-state index in [0.29, 0.717) is 19.3 Å². The molecule has 1 unspecified atom stereocenters. The van der Waals surface area contributed by atoms with E-state index >= 15 is 0 Å². The molecule has 0 radical (unpaired) electrons. The molecule has 0 aromatic heterocycles. The topological polar surface area (TPSA) is 78.9 Å². The van der Waals surface area contributed by atoms with Gasteiger partial charge < -0.3 is 14.2 Å². The lowest BCUT2D eigenvalue weighted by Crippen LogP contribution is -2.30. The Balaban J connectivity index is 4.44. The Labute approximate surface area is 369 Å². The highest BCUT2D eigenvalue weighted by atomic mass is 16.6. The van der Waals surface area contributed by atoms with Crippen LogP contribution in [0.3, 0.4) is 0 Å². The van der Waals surface area contributed by atoms with Gasteiger partial charge in [0.1, 0.15) is 13.2 Å². The van der Waals surface area contributed by atoms with Crippen molar-refractivity contribution in [1.82, 2.24) is 0 Å². The molecule has 0 saturated heterocycles. The molecule has 6 heteroatoms. The number of carbonyl (C=O) groups excluding carboxylic acids is 3. The summed E-state index contributed by atoms with van der Waals surface area (Å²) in [4.78, 5) is 37.9. The lowest BCUT2D eigenvalue weighted by Gasteiger charge is -2.18. The monoisotopic (exact) mass is 835 g/mol. The van der Waals surface area contributed by atoms with Crippen molar-refractivity contribution in [2.24, 2.45) is 0 Å². The summed E-state index contributed by atoms with van der Waals surface area (Å²) in [7, 11) is 0. The van der Waals surface area contributed by atoms with Crippen molar-refractivity contribution in [3.05, 3.63) is 85.1 Å². The van der Waals surface area contributed by atoms with Gasteiger partial charge in [0.05, 0.1) is 0 Å². The fraction of sp³-hybridized carbons (Fsp3) is 0.685.